The van der Waals surface area contributed by atoms with Gasteiger partial charge >= 0.3 is 0 Å². The first-order valence-electron chi connectivity index (χ1n) is 6.56. The molecule has 5 heteroatoms. The van der Waals surface area contributed by atoms with E-state index in [1.807, 2.05) is 24.3 Å². The molecular weight excluding hydrogens is 252 g/mol. The molecule has 1 aliphatic rings. The Hall–Kier alpha value is -2.45. The molecule has 100 valence electrons. The van der Waals surface area contributed by atoms with Crippen LogP contribution in [0, 0.1) is 11.3 Å². The number of nitrogens with zero attached hydrogens (tertiary/aromatic N) is 3. The van der Waals surface area contributed by atoms with Gasteiger partial charge in [-0.3, -0.25) is 9.78 Å². The van der Waals surface area contributed by atoms with Crippen LogP contribution < -0.4 is 5.32 Å². The molecule has 1 saturated heterocycles. The van der Waals surface area contributed by atoms with E-state index in [1.54, 1.807) is 17.2 Å². The fourth-order valence-corrected chi connectivity index (χ4v) is 2.50. The van der Waals surface area contributed by atoms with Crippen LogP contribution in [0.3, 0.4) is 0 Å². The molecule has 20 heavy (non-hydrogen) atoms. The number of pyridine rings is 1. The number of rotatable bonds is 1. The van der Waals surface area contributed by atoms with Crippen LogP contribution in [0.15, 0.2) is 36.5 Å². The lowest BCUT2D eigenvalue weighted by atomic mass is 10.1. The summed E-state index contributed by atoms with van der Waals surface area (Å²) in [5, 5.41) is 13.1. The van der Waals surface area contributed by atoms with E-state index in [4.69, 9.17) is 0 Å². The highest BCUT2D eigenvalue weighted by Crippen LogP contribution is 2.19. The van der Waals surface area contributed by atoms with Crippen LogP contribution in [-0.4, -0.2) is 41.5 Å². The molecule has 5 nitrogen and oxygen atoms in total. The van der Waals surface area contributed by atoms with Crippen LogP contribution in [0.4, 0.5) is 0 Å². The summed E-state index contributed by atoms with van der Waals surface area (Å²) in [4.78, 5) is 18.6. The molecule has 1 unspecified atom stereocenters. The zero-order chi connectivity index (χ0) is 13.9. The highest BCUT2D eigenvalue weighted by atomic mass is 16.2. The van der Waals surface area contributed by atoms with Gasteiger partial charge in [0.1, 0.15) is 6.04 Å². The third kappa shape index (κ3) is 2.10. The van der Waals surface area contributed by atoms with Gasteiger partial charge < -0.3 is 10.2 Å². The third-order valence-corrected chi connectivity index (χ3v) is 3.53. The second-order valence-corrected chi connectivity index (χ2v) is 4.72. The van der Waals surface area contributed by atoms with E-state index >= 15 is 0 Å². The molecule has 1 aliphatic heterocycles. The highest BCUT2D eigenvalue weighted by molar-refractivity contribution is 6.06. The Morgan fingerprint density at radius 2 is 2.25 bits per heavy atom. The lowest BCUT2D eigenvalue weighted by molar-refractivity contribution is 0.0689. The topological polar surface area (TPSA) is 69.0 Å². The number of nitriles is 1. The molecule has 1 aromatic heterocycles. The SMILES string of the molecule is N#CC1CNCCN1C(=O)c1ccnc2ccccc12. The van der Waals surface area contributed by atoms with E-state index in [0.717, 1.165) is 10.9 Å². The standard InChI is InChI=1S/C15H14N4O/c16-9-11-10-17-7-8-19(11)15(20)13-5-6-18-14-4-2-1-3-12(13)14/h1-6,11,17H,7-8,10H2. The normalized spacial score (nSPS) is 18.8. The van der Waals surface area contributed by atoms with Crippen LogP contribution in [-0.2, 0) is 0 Å². The number of carbonyl (C=O) groups is 1. The largest absolute Gasteiger partial charge is 0.320 e. The number of carbonyl (C=O) groups excluding carboxylic acids is 1. The number of hydrogen-bond acceptors (Lipinski definition) is 4. The van der Waals surface area contributed by atoms with Crippen molar-refractivity contribution in [3.8, 4) is 6.07 Å². The van der Waals surface area contributed by atoms with Crippen LogP contribution in [0.25, 0.3) is 10.9 Å². The van der Waals surface area contributed by atoms with Gasteiger partial charge in [0, 0.05) is 31.2 Å². The van der Waals surface area contributed by atoms with Gasteiger partial charge in [-0.2, -0.15) is 5.26 Å². The van der Waals surface area contributed by atoms with Gasteiger partial charge in [-0.15, -0.1) is 0 Å². The van der Waals surface area contributed by atoms with Gasteiger partial charge in [0.05, 0.1) is 17.1 Å². The van der Waals surface area contributed by atoms with E-state index in [1.165, 1.54) is 0 Å². The van der Waals surface area contributed by atoms with Crippen molar-refractivity contribution in [3.05, 3.63) is 42.1 Å². The van der Waals surface area contributed by atoms with Crippen molar-refractivity contribution in [2.45, 2.75) is 6.04 Å². The summed E-state index contributed by atoms with van der Waals surface area (Å²) in [5.74, 6) is -0.100. The lowest BCUT2D eigenvalue weighted by Gasteiger charge is -2.32. The molecule has 0 bridgehead atoms. The summed E-state index contributed by atoms with van der Waals surface area (Å²) in [7, 11) is 0. The van der Waals surface area contributed by atoms with Crippen molar-refractivity contribution in [2.75, 3.05) is 19.6 Å². The van der Waals surface area contributed by atoms with Gasteiger partial charge in [-0.1, -0.05) is 18.2 Å². The minimum Gasteiger partial charge on any atom is -0.320 e. The minimum absolute atomic E-state index is 0.100. The molecule has 3 rings (SSSR count). The molecule has 1 atom stereocenters. The van der Waals surface area contributed by atoms with Crippen molar-refractivity contribution in [1.29, 1.82) is 5.26 Å². The molecule has 2 heterocycles. The Morgan fingerprint density at radius 1 is 1.40 bits per heavy atom. The molecule has 1 aromatic carbocycles. The number of nitrogens with one attached hydrogen (secondary N) is 1. The smallest absolute Gasteiger partial charge is 0.255 e. The van der Waals surface area contributed by atoms with Gasteiger partial charge in [-0.25, -0.2) is 0 Å². The first-order valence-corrected chi connectivity index (χ1v) is 6.56. The number of amides is 1. The Bertz CT molecular complexity index is 686. The summed E-state index contributed by atoms with van der Waals surface area (Å²) in [6.45, 7) is 1.78. The first-order chi connectivity index (χ1) is 9.81. The maximum atomic E-state index is 12.7. The van der Waals surface area contributed by atoms with E-state index in [9.17, 15) is 10.1 Å². The summed E-state index contributed by atoms with van der Waals surface area (Å²) in [6.07, 6.45) is 1.64. The lowest BCUT2D eigenvalue weighted by Crippen LogP contribution is -2.53. The summed E-state index contributed by atoms with van der Waals surface area (Å²) >= 11 is 0. The van der Waals surface area contributed by atoms with Crippen LogP contribution in [0.5, 0.6) is 0 Å². The van der Waals surface area contributed by atoms with Crippen molar-refractivity contribution >= 4 is 16.8 Å². The molecule has 0 radical (unpaired) electrons. The second-order valence-electron chi connectivity index (χ2n) is 4.72. The Labute approximate surface area is 116 Å². The zero-order valence-corrected chi connectivity index (χ0v) is 10.9. The Balaban J connectivity index is 2.02. The monoisotopic (exact) mass is 266 g/mol. The number of hydrogen-bond donors (Lipinski definition) is 1. The van der Waals surface area contributed by atoms with E-state index in [-0.39, 0.29) is 5.91 Å². The number of piperazine rings is 1. The third-order valence-electron chi connectivity index (χ3n) is 3.53. The molecule has 1 N–H and O–H groups in total. The molecule has 0 spiro atoms. The molecule has 1 amide bonds. The van der Waals surface area contributed by atoms with Crippen LogP contribution >= 0.6 is 0 Å². The maximum absolute atomic E-state index is 12.7. The van der Waals surface area contributed by atoms with Gasteiger partial charge in [0.25, 0.3) is 5.91 Å². The summed E-state index contributed by atoms with van der Waals surface area (Å²) in [5.41, 5.74) is 1.40. The Kier molecular flexibility index (Phi) is 3.32. The predicted octanol–water partition coefficient (Wildman–Crippen LogP) is 1.17. The fourth-order valence-electron chi connectivity index (χ4n) is 2.50. The van der Waals surface area contributed by atoms with E-state index in [0.29, 0.717) is 25.2 Å². The number of benzene rings is 1. The van der Waals surface area contributed by atoms with Crippen molar-refractivity contribution in [3.63, 3.8) is 0 Å². The van der Waals surface area contributed by atoms with Crippen LogP contribution in [0.2, 0.25) is 0 Å². The second kappa shape index (κ2) is 5.27. The van der Waals surface area contributed by atoms with E-state index < -0.39 is 6.04 Å². The fraction of sp³-hybridized carbons (Fsp3) is 0.267. The van der Waals surface area contributed by atoms with Crippen molar-refractivity contribution in [1.82, 2.24) is 15.2 Å². The molecule has 2 aromatic rings. The quantitative estimate of drug-likeness (QED) is 0.841. The van der Waals surface area contributed by atoms with E-state index in [2.05, 4.69) is 16.4 Å². The zero-order valence-electron chi connectivity index (χ0n) is 10.9. The average Bonchev–Trinajstić information content (AvgIpc) is 2.53. The number of para-hydroxylation sites is 1. The predicted molar refractivity (Wildman–Crippen MR) is 75.1 cm³/mol. The van der Waals surface area contributed by atoms with Gasteiger partial charge in [0.15, 0.2) is 0 Å². The van der Waals surface area contributed by atoms with Gasteiger partial charge in [-0.05, 0) is 12.1 Å². The van der Waals surface area contributed by atoms with Crippen molar-refractivity contribution < 1.29 is 4.79 Å². The molecule has 0 aliphatic carbocycles. The first kappa shape index (κ1) is 12.6. The van der Waals surface area contributed by atoms with Gasteiger partial charge in [0.2, 0.25) is 0 Å². The summed E-state index contributed by atoms with van der Waals surface area (Å²) < 4.78 is 0. The number of aromatic nitrogens is 1. The molecule has 1 fully saturated rings. The molecular formula is C15H14N4O. The highest BCUT2D eigenvalue weighted by Gasteiger charge is 2.27. The summed E-state index contributed by atoms with van der Waals surface area (Å²) in [6, 6.07) is 11.0. The minimum atomic E-state index is -0.414. The van der Waals surface area contributed by atoms with Crippen molar-refractivity contribution in [2.24, 2.45) is 0 Å². The maximum Gasteiger partial charge on any atom is 0.255 e. The Morgan fingerprint density at radius 3 is 3.10 bits per heavy atom. The average molecular weight is 266 g/mol. The number of fused-ring (bicyclic) bond motifs is 1. The van der Waals surface area contributed by atoms with Crippen LogP contribution in [0.1, 0.15) is 10.4 Å². The molecule has 0 saturated carbocycles.